The van der Waals surface area contributed by atoms with Gasteiger partial charge in [-0.3, -0.25) is 19.3 Å². The van der Waals surface area contributed by atoms with Gasteiger partial charge in [-0.2, -0.15) is 0 Å². The van der Waals surface area contributed by atoms with Crippen molar-refractivity contribution in [3.63, 3.8) is 0 Å². The van der Waals surface area contributed by atoms with Crippen molar-refractivity contribution in [1.82, 2.24) is 9.47 Å². The fraction of sp³-hybridized carbons (Fsp3) is 0.174. The number of anilines is 1. The third-order valence-corrected chi connectivity index (χ3v) is 7.13. The number of nitrogens with one attached hydrogen (secondary N) is 1. The van der Waals surface area contributed by atoms with Gasteiger partial charge in [0.2, 0.25) is 5.91 Å². The summed E-state index contributed by atoms with van der Waals surface area (Å²) in [7, 11) is 0. The fourth-order valence-corrected chi connectivity index (χ4v) is 4.73. The minimum atomic E-state index is -0.483. The SMILES string of the molecule is CC(C)n1cc(/C=C2/SC(=O)N(CC(=O)Nc3ccc(Br)c(Cl)c3)C2=O)c2ccccc21. The summed E-state index contributed by atoms with van der Waals surface area (Å²) in [6.45, 7) is 3.80. The van der Waals surface area contributed by atoms with Gasteiger partial charge in [0, 0.05) is 38.9 Å². The summed E-state index contributed by atoms with van der Waals surface area (Å²) >= 11 is 10.2. The minimum Gasteiger partial charge on any atom is -0.344 e. The number of halogens is 2. The van der Waals surface area contributed by atoms with Gasteiger partial charge < -0.3 is 9.88 Å². The Morgan fingerprint density at radius 2 is 1.97 bits per heavy atom. The quantitative estimate of drug-likeness (QED) is 0.391. The first-order valence-electron chi connectivity index (χ1n) is 9.84. The minimum absolute atomic E-state index is 0.243. The Morgan fingerprint density at radius 1 is 1.22 bits per heavy atom. The Bertz CT molecular complexity index is 1280. The third-order valence-electron chi connectivity index (χ3n) is 4.99. The zero-order valence-corrected chi connectivity index (χ0v) is 20.4. The predicted molar refractivity (Wildman–Crippen MR) is 133 cm³/mol. The largest absolute Gasteiger partial charge is 0.344 e. The molecule has 1 aliphatic heterocycles. The molecule has 4 rings (SSSR count). The summed E-state index contributed by atoms with van der Waals surface area (Å²) < 4.78 is 2.83. The van der Waals surface area contributed by atoms with Crippen LogP contribution < -0.4 is 5.32 Å². The molecule has 2 aromatic carbocycles. The first kappa shape index (κ1) is 22.6. The van der Waals surface area contributed by atoms with Gasteiger partial charge in [0.25, 0.3) is 11.1 Å². The molecule has 1 aromatic heterocycles. The highest BCUT2D eigenvalue weighted by atomic mass is 79.9. The molecule has 164 valence electrons. The first-order chi connectivity index (χ1) is 15.2. The zero-order chi connectivity index (χ0) is 23.0. The molecule has 2 heterocycles. The van der Waals surface area contributed by atoms with Crippen LogP contribution in [-0.2, 0) is 9.59 Å². The molecule has 0 spiro atoms. The topological polar surface area (TPSA) is 71.4 Å². The molecule has 3 aromatic rings. The molecule has 0 atom stereocenters. The summed E-state index contributed by atoms with van der Waals surface area (Å²) in [5.41, 5.74) is 2.39. The van der Waals surface area contributed by atoms with Crippen LogP contribution in [0.25, 0.3) is 17.0 Å². The second-order valence-corrected chi connectivity index (χ2v) is 9.80. The van der Waals surface area contributed by atoms with Crippen LogP contribution in [0, 0.1) is 0 Å². The maximum atomic E-state index is 12.9. The van der Waals surface area contributed by atoms with E-state index in [1.807, 2.05) is 30.5 Å². The van der Waals surface area contributed by atoms with Gasteiger partial charge in [0.15, 0.2) is 0 Å². The normalized spacial score (nSPS) is 15.4. The number of aromatic nitrogens is 1. The molecule has 1 aliphatic rings. The summed E-state index contributed by atoms with van der Waals surface area (Å²) in [5.74, 6) is -0.964. The molecule has 0 unspecified atom stereocenters. The number of hydrogen-bond acceptors (Lipinski definition) is 4. The molecule has 1 N–H and O–H groups in total. The molecule has 3 amide bonds. The first-order valence-corrected chi connectivity index (χ1v) is 11.8. The van der Waals surface area contributed by atoms with E-state index in [4.69, 9.17) is 11.6 Å². The molecule has 0 aliphatic carbocycles. The maximum Gasteiger partial charge on any atom is 0.294 e. The molecule has 0 bridgehead atoms. The van der Waals surface area contributed by atoms with E-state index >= 15 is 0 Å². The van der Waals surface area contributed by atoms with Crippen LogP contribution in [0.5, 0.6) is 0 Å². The van der Waals surface area contributed by atoms with E-state index in [-0.39, 0.29) is 12.6 Å². The van der Waals surface area contributed by atoms with Crippen molar-refractivity contribution in [2.45, 2.75) is 19.9 Å². The maximum absolute atomic E-state index is 12.9. The second kappa shape index (κ2) is 9.13. The lowest BCUT2D eigenvalue weighted by Gasteiger charge is -2.12. The van der Waals surface area contributed by atoms with Crippen LogP contribution in [0.2, 0.25) is 5.02 Å². The average molecular weight is 533 g/mol. The molecule has 32 heavy (non-hydrogen) atoms. The van der Waals surface area contributed by atoms with Gasteiger partial charge in [0.1, 0.15) is 6.54 Å². The number of nitrogens with zero attached hydrogens (tertiary/aromatic N) is 2. The van der Waals surface area contributed by atoms with E-state index in [9.17, 15) is 14.4 Å². The number of fused-ring (bicyclic) bond motifs is 1. The Hall–Kier alpha value is -2.55. The van der Waals surface area contributed by atoms with Crippen molar-refractivity contribution in [3.05, 3.63) is 68.6 Å². The van der Waals surface area contributed by atoms with E-state index in [2.05, 4.69) is 39.7 Å². The number of benzene rings is 2. The average Bonchev–Trinajstić information content (AvgIpc) is 3.24. The van der Waals surface area contributed by atoms with Gasteiger partial charge >= 0.3 is 0 Å². The van der Waals surface area contributed by atoms with Crippen molar-refractivity contribution >= 4 is 79.0 Å². The summed E-state index contributed by atoms with van der Waals surface area (Å²) in [4.78, 5) is 39.0. The van der Waals surface area contributed by atoms with E-state index < -0.39 is 17.1 Å². The standard InChI is InChI=1S/C23H19BrClN3O3S/c1-13(2)27-11-14(16-5-3-4-6-19(16)27)9-20-22(30)28(23(31)32-20)12-21(29)26-15-7-8-17(24)18(25)10-15/h3-11,13H,12H2,1-2H3,(H,26,29)/b20-9+. The molecule has 1 saturated heterocycles. The number of rotatable bonds is 5. The number of thioether (sulfide) groups is 1. The number of hydrogen-bond donors (Lipinski definition) is 1. The van der Waals surface area contributed by atoms with Crippen LogP contribution in [0.15, 0.2) is 58.0 Å². The van der Waals surface area contributed by atoms with Crippen LogP contribution in [0.3, 0.4) is 0 Å². The summed E-state index contributed by atoms with van der Waals surface area (Å²) in [5, 5.41) is 3.63. The van der Waals surface area contributed by atoms with Gasteiger partial charge in [0.05, 0.1) is 9.93 Å². The van der Waals surface area contributed by atoms with Crippen LogP contribution >= 0.6 is 39.3 Å². The van der Waals surface area contributed by atoms with Crippen molar-refractivity contribution in [3.8, 4) is 0 Å². The highest BCUT2D eigenvalue weighted by Crippen LogP contribution is 2.34. The van der Waals surface area contributed by atoms with E-state index in [0.717, 1.165) is 33.1 Å². The number of carbonyl (C=O) groups is 3. The highest BCUT2D eigenvalue weighted by molar-refractivity contribution is 9.10. The molecular weight excluding hydrogens is 514 g/mol. The molecule has 1 fully saturated rings. The summed E-state index contributed by atoms with van der Waals surface area (Å²) in [6, 6.07) is 13.1. The van der Waals surface area contributed by atoms with Crippen molar-refractivity contribution in [2.75, 3.05) is 11.9 Å². The number of imide groups is 1. The lowest BCUT2D eigenvalue weighted by atomic mass is 10.1. The van der Waals surface area contributed by atoms with E-state index in [0.29, 0.717) is 20.1 Å². The Balaban J connectivity index is 1.54. The van der Waals surface area contributed by atoms with Gasteiger partial charge in [-0.1, -0.05) is 29.8 Å². The van der Waals surface area contributed by atoms with E-state index in [1.54, 1.807) is 24.3 Å². The van der Waals surface area contributed by atoms with Gasteiger partial charge in [-0.05, 0) is 71.9 Å². The Kier molecular flexibility index (Phi) is 6.46. The predicted octanol–water partition coefficient (Wildman–Crippen LogP) is 6.31. The number of para-hydroxylation sites is 1. The van der Waals surface area contributed by atoms with Crippen LogP contribution in [0.1, 0.15) is 25.5 Å². The van der Waals surface area contributed by atoms with E-state index in [1.165, 1.54) is 0 Å². The van der Waals surface area contributed by atoms with Crippen LogP contribution in [-0.4, -0.2) is 33.1 Å². The van der Waals surface area contributed by atoms with Crippen molar-refractivity contribution in [2.24, 2.45) is 0 Å². The monoisotopic (exact) mass is 531 g/mol. The fourth-order valence-electron chi connectivity index (χ4n) is 3.47. The van der Waals surface area contributed by atoms with Crippen molar-refractivity contribution in [1.29, 1.82) is 0 Å². The van der Waals surface area contributed by atoms with Gasteiger partial charge in [-0.15, -0.1) is 0 Å². The van der Waals surface area contributed by atoms with Crippen molar-refractivity contribution < 1.29 is 14.4 Å². The second-order valence-electron chi connectivity index (χ2n) is 7.55. The Morgan fingerprint density at radius 3 is 2.69 bits per heavy atom. The highest BCUT2D eigenvalue weighted by Gasteiger charge is 2.36. The molecule has 9 heteroatoms. The molecule has 6 nitrogen and oxygen atoms in total. The zero-order valence-electron chi connectivity index (χ0n) is 17.3. The molecular formula is C23H19BrClN3O3S. The lowest BCUT2D eigenvalue weighted by molar-refractivity contribution is -0.127. The lowest BCUT2D eigenvalue weighted by Crippen LogP contribution is -2.36. The summed E-state index contributed by atoms with van der Waals surface area (Å²) in [6.07, 6.45) is 3.70. The molecule has 0 radical (unpaired) electrons. The number of amides is 3. The molecule has 0 saturated carbocycles. The third kappa shape index (κ3) is 4.48. The van der Waals surface area contributed by atoms with Gasteiger partial charge in [-0.25, -0.2) is 0 Å². The smallest absolute Gasteiger partial charge is 0.294 e. The Labute approximate surface area is 202 Å². The van der Waals surface area contributed by atoms with Crippen LogP contribution in [0.4, 0.5) is 10.5 Å². The number of carbonyl (C=O) groups excluding carboxylic acids is 3.